The SMILES string of the molecule is [N-]=[N+]=NCC=Cc1ccc(N2CCCC2)cc1. The van der Waals surface area contributed by atoms with Crippen LogP contribution in [0.5, 0.6) is 0 Å². The Hall–Kier alpha value is -1.93. The summed E-state index contributed by atoms with van der Waals surface area (Å²) in [5, 5.41) is 3.45. The van der Waals surface area contributed by atoms with Crippen LogP contribution >= 0.6 is 0 Å². The first kappa shape index (κ1) is 11.6. The molecule has 4 nitrogen and oxygen atoms in total. The van der Waals surface area contributed by atoms with Gasteiger partial charge in [-0.15, -0.1) is 0 Å². The standard InChI is InChI=1S/C13H16N4/c14-16-15-9-3-4-12-5-7-13(8-6-12)17-10-1-2-11-17/h3-8H,1-2,9-11H2. The molecule has 0 atom stereocenters. The van der Waals surface area contributed by atoms with Gasteiger partial charge >= 0.3 is 0 Å². The number of hydrogen-bond acceptors (Lipinski definition) is 2. The van der Waals surface area contributed by atoms with Crippen molar-refractivity contribution in [2.24, 2.45) is 5.11 Å². The van der Waals surface area contributed by atoms with Gasteiger partial charge in [0.25, 0.3) is 0 Å². The van der Waals surface area contributed by atoms with Crippen molar-refractivity contribution in [3.63, 3.8) is 0 Å². The van der Waals surface area contributed by atoms with E-state index in [-0.39, 0.29) is 0 Å². The van der Waals surface area contributed by atoms with Gasteiger partial charge in [0.05, 0.1) is 0 Å². The quantitative estimate of drug-likeness (QED) is 0.441. The Morgan fingerprint density at radius 2 is 1.94 bits per heavy atom. The molecule has 0 radical (unpaired) electrons. The van der Waals surface area contributed by atoms with Crippen molar-refractivity contribution in [3.05, 3.63) is 46.3 Å². The van der Waals surface area contributed by atoms with Gasteiger partial charge in [-0.1, -0.05) is 29.4 Å². The molecule has 0 aromatic heterocycles. The molecule has 4 heteroatoms. The van der Waals surface area contributed by atoms with E-state index < -0.39 is 0 Å². The van der Waals surface area contributed by atoms with Crippen LogP contribution in [-0.2, 0) is 0 Å². The van der Waals surface area contributed by atoms with Crippen molar-refractivity contribution in [2.45, 2.75) is 12.8 Å². The van der Waals surface area contributed by atoms with Crippen molar-refractivity contribution >= 4 is 11.8 Å². The largest absolute Gasteiger partial charge is 0.372 e. The van der Waals surface area contributed by atoms with Crippen molar-refractivity contribution in [1.29, 1.82) is 0 Å². The van der Waals surface area contributed by atoms with Gasteiger partial charge in [-0.05, 0) is 36.1 Å². The summed E-state index contributed by atoms with van der Waals surface area (Å²) in [5.41, 5.74) is 10.6. The summed E-state index contributed by atoms with van der Waals surface area (Å²) in [5.74, 6) is 0. The molecule has 0 bridgehead atoms. The summed E-state index contributed by atoms with van der Waals surface area (Å²) in [6, 6.07) is 8.50. The Labute approximate surface area is 101 Å². The molecule has 2 rings (SSSR count). The average molecular weight is 228 g/mol. The van der Waals surface area contributed by atoms with E-state index in [2.05, 4.69) is 39.2 Å². The monoisotopic (exact) mass is 228 g/mol. The number of rotatable bonds is 4. The summed E-state index contributed by atoms with van der Waals surface area (Å²) in [7, 11) is 0. The molecule has 1 aromatic rings. The lowest BCUT2D eigenvalue weighted by molar-refractivity contribution is 0.949. The maximum atomic E-state index is 8.14. The van der Waals surface area contributed by atoms with Crippen molar-refractivity contribution in [1.82, 2.24) is 0 Å². The fourth-order valence-electron chi connectivity index (χ4n) is 2.04. The first-order chi connectivity index (χ1) is 8.40. The van der Waals surface area contributed by atoms with Crippen LogP contribution in [-0.4, -0.2) is 19.6 Å². The molecule has 0 aliphatic carbocycles. The van der Waals surface area contributed by atoms with E-state index in [1.54, 1.807) is 0 Å². The third-order valence-electron chi connectivity index (χ3n) is 2.92. The van der Waals surface area contributed by atoms with E-state index in [9.17, 15) is 0 Å². The third kappa shape index (κ3) is 3.26. The van der Waals surface area contributed by atoms with Crippen molar-refractivity contribution in [2.75, 3.05) is 24.5 Å². The van der Waals surface area contributed by atoms with Crippen LogP contribution in [0.1, 0.15) is 18.4 Å². The van der Waals surface area contributed by atoms with Gasteiger partial charge in [0.15, 0.2) is 0 Å². The molecule has 1 aromatic carbocycles. The van der Waals surface area contributed by atoms with Gasteiger partial charge in [0.2, 0.25) is 0 Å². The Morgan fingerprint density at radius 3 is 2.59 bits per heavy atom. The summed E-state index contributed by atoms with van der Waals surface area (Å²) >= 11 is 0. The highest BCUT2D eigenvalue weighted by Gasteiger charge is 2.11. The lowest BCUT2D eigenvalue weighted by atomic mass is 10.2. The second-order valence-electron chi connectivity index (χ2n) is 4.10. The van der Waals surface area contributed by atoms with Crippen molar-refractivity contribution in [3.8, 4) is 0 Å². The molecular formula is C13H16N4. The minimum absolute atomic E-state index is 0.407. The van der Waals surface area contributed by atoms with E-state index in [1.165, 1.54) is 31.6 Å². The number of nitrogens with zero attached hydrogens (tertiary/aromatic N) is 4. The molecule has 1 aliphatic heterocycles. The smallest absolute Gasteiger partial charge is 0.0443 e. The minimum atomic E-state index is 0.407. The van der Waals surface area contributed by atoms with Gasteiger partial charge < -0.3 is 4.90 Å². The van der Waals surface area contributed by atoms with E-state index >= 15 is 0 Å². The minimum Gasteiger partial charge on any atom is -0.372 e. The zero-order chi connectivity index (χ0) is 11.9. The summed E-state index contributed by atoms with van der Waals surface area (Å²) in [6.07, 6.45) is 6.44. The van der Waals surface area contributed by atoms with E-state index in [4.69, 9.17) is 5.53 Å². The normalized spacial score (nSPS) is 15.2. The molecule has 88 valence electrons. The number of hydrogen-bond donors (Lipinski definition) is 0. The zero-order valence-electron chi connectivity index (χ0n) is 9.79. The van der Waals surface area contributed by atoms with Crippen LogP contribution < -0.4 is 4.90 Å². The second kappa shape index (κ2) is 5.97. The summed E-state index contributed by atoms with van der Waals surface area (Å²) in [6.45, 7) is 2.75. The van der Waals surface area contributed by atoms with Crippen LogP contribution in [0.25, 0.3) is 16.5 Å². The van der Waals surface area contributed by atoms with Gasteiger partial charge in [-0.25, -0.2) is 0 Å². The molecule has 1 heterocycles. The maximum absolute atomic E-state index is 8.14. The Kier molecular flexibility index (Phi) is 4.05. The molecule has 0 spiro atoms. The summed E-state index contributed by atoms with van der Waals surface area (Å²) in [4.78, 5) is 5.11. The van der Waals surface area contributed by atoms with Crippen LogP contribution in [0, 0.1) is 0 Å². The Bertz CT molecular complexity index is 423. The van der Waals surface area contributed by atoms with Crippen LogP contribution in [0.2, 0.25) is 0 Å². The van der Waals surface area contributed by atoms with Crippen LogP contribution in [0.3, 0.4) is 0 Å². The first-order valence-corrected chi connectivity index (χ1v) is 5.92. The van der Waals surface area contributed by atoms with Gasteiger partial charge in [-0.3, -0.25) is 0 Å². The van der Waals surface area contributed by atoms with Gasteiger partial charge in [0.1, 0.15) is 0 Å². The lowest BCUT2D eigenvalue weighted by Gasteiger charge is -2.17. The van der Waals surface area contributed by atoms with Crippen LogP contribution in [0.4, 0.5) is 5.69 Å². The molecular weight excluding hydrogens is 212 g/mol. The topological polar surface area (TPSA) is 52.0 Å². The predicted molar refractivity (Wildman–Crippen MR) is 70.9 cm³/mol. The summed E-state index contributed by atoms with van der Waals surface area (Å²) < 4.78 is 0. The number of benzene rings is 1. The second-order valence-corrected chi connectivity index (χ2v) is 4.10. The van der Waals surface area contributed by atoms with E-state index in [0.717, 1.165) is 5.56 Å². The highest BCUT2D eigenvalue weighted by molar-refractivity contribution is 5.56. The first-order valence-electron chi connectivity index (χ1n) is 5.92. The van der Waals surface area contributed by atoms with E-state index in [1.807, 2.05) is 12.2 Å². The predicted octanol–water partition coefficient (Wildman–Crippen LogP) is 3.61. The van der Waals surface area contributed by atoms with Crippen LogP contribution in [0.15, 0.2) is 35.5 Å². The maximum Gasteiger partial charge on any atom is 0.0443 e. The molecule has 0 N–H and O–H groups in total. The molecule has 17 heavy (non-hydrogen) atoms. The van der Waals surface area contributed by atoms with Gasteiger partial charge in [0, 0.05) is 30.2 Å². The fraction of sp³-hybridized carbons (Fsp3) is 0.385. The Morgan fingerprint density at radius 1 is 1.24 bits per heavy atom. The number of anilines is 1. The molecule has 0 unspecified atom stereocenters. The Balaban J connectivity index is 1.97. The van der Waals surface area contributed by atoms with E-state index in [0.29, 0.717) is 6.54 Å². The molecule has 0 saturated carbocycles. The zero-order valence-corrected chi connectivity index (χ0v) is 9.79. The average Bonchev–Trinajstić information content (AvgIpc) is 2.89. The lowest BCUT2D eigenvalue weighted by Crippen LogP contribution is -2.17. The third-order valence-corrected chi connectivity index (χ3v) is 2.92. The highest BCUT2D eigenvalue weighted by Crippen LogP contribution is 2.20. The fourth-order valence-corrected chi connectivity index (χ4v) is 2.04. The molecule has 1 fully saturated rings. The highest BCUT2D eigenvalue weighted by atomic mass is 15.1. The molecule has 1 saturated heterocycles. The van der Waals surface area contributed by atoms with Gasteiger partial charge in [-0.2, -0.15) is 0 Å². The number of azide groups is 1. The molecule has 0 amide bonds. The van der Waals surface area contributed by atoms with Crippen molar-refractivity contribution < 1.29 is 0 Å². The molecule has 1 aliphatic rings.